The van der Waals surface area contributed by atoms with Crippen molar-refractivity contribution in [1.82, 2.24) is 44.6 Å². The van der Waals surface area contributed by atoms with Crippen molar-refractivity contribution in [3.05, 3.63) is 354 Å². The van der Waals surface area contributed by atoms with Crippen LogP contribution in [-0.2, 0) is 71.9 Å². The molecule has 0 spiro atoms. The molecule has 3 N–H and O–H groups in total. The minimum atomic E-state index is -3.77. The van der Waals surface area contributed by atoms with E-state index < -0.39 is 59.0 Å². The van der Waals surface area contributed by atoms with Gasteiger partial charge >= 0.3 is 0 Å². The van der Waals surface area contributed by atoms with E-state index in [2.05, 4.69) is 26.8 Å². The number of sulfonamides is 2. The molecule has 730 valence electrons. The first-order valence-corrected chi connectivity index (χ1v) is 50.2. The lowest BCUT2D eigenvalue weighted by Gasteiger charge is -2.24. The number of rotatable bonds is 26. The molecule has 0 aliphatic rings. The summed E-state index contributed by atoms with van der Waals surface area (Å²) < 4.78 is 165. The zero-order chi connectivity index (χ0) is 102. The van der Waals surface area contributed by atoms with Crippen LogP contribution >= 0.6 is 0 Å². The number of nitrogens with zero attached hydrogens (tertiary/aromatic N) is 9. The van der Waals surface area contributed by atoms with E-state index in [1.54, 1.807) is 128 Å². The number of benzene rings is 12. The van der Waals surface area contributed by atoms with Gasteiger partial charge in [0, 0.05) is 146 Å². The number of carbonyl (C=O) groups excluding carboxylic acids is 4. The van der Waals surface area contributed by atoms with Crippen molar-refractivity contribution in [3.8, 4) is 67.4 Å². The van der Waals surface area contributed by atoms with Crippen molar-refractivity contribution < 1.29 is 80.2 Å². The molecule has 28 nitrogen and oxygen atoms in total. The molecule has 6 heterocycles. The second-order valence-corrected chi connectivity index (χ2v) is 40.8. The standard InChI is InChI=1S/C38H34F2N4O5S.C36H33FN4O6S.C33H26F2N4O5S/c1-22(45)6-17-34-42-31-16-11-25(18-29(31)38(47)44(34)21-23-7-12-26(39)13-8-23)28-19-30-33(20-32(28)43(3)50(4,5)48)49-36(35(30)37(46)41-2)24-9-14-27(40)15-10-24;1-21-6-10-23(11-7-21)34-33(35(42)38-2)28-17-26(30(18-31(28)47-34)40(3)48(5,44)45)24-12-15-29-27(16-24)36(43)41(32(39-29)20-46-4)19-22-8-13-25(37)14-9-22;1-36-32(40)30-26-15-24(28(38(2)45(3,42)43)16-29(26)44-31(30)20-6-11-23(35)12-7-20)21-8-13-27-25(14-21)33(41)39(18-37-27)17-19-4-9-22(34)10-5-19/h7-16,18-20H,4,6,17,21H2,1-3,5H3,(H,41,46);6-18H,19-20H2,1-5H3,(H,38,42);4-16,18H,17H2,1-3H3,(H,36,40). The fourth-order valence-electron chi connectivity index (χ4n) is 16.7. The largest absolute Gasteiger partial charge is 0.455 e. The number of methoxy groups -OCH3 is 1. The molecular formula is C107H93F5N12O16S3. The topological polar surface area (TPSA) is 353 Å². The molecule has 12 aromatic carbocycles. The number of Topliss-reactive ketones (excluding diaryl/α,β-unsaturated/α-hetero) is 1. The number of amides is 3. The van der Waals surface area contributed by atoms with Crippen LogP contribution in [0.4, 0.5) is 39.0 Å². The molecule has 143 heavy (non-hydrogen) atoms. The van der Waals surface area contributed by atoms with E-state index in [-0.39, 0.29) is 135 Å². The van der Waals surface area contributed by atoms with E-state index in [1.807, 2.05) is 31.2 Å². The lowest BCUT2D eigenvalue weighted by atomic mass is 9.97. The van der Waals surface area contributed by atoms with Crippen molar-refractivity contribution in [2.75, 3.05) is 81.1 Å². The summed E-state index contributed by atoms with van der Waals surface area (Å²) in [4.78, 5) is 107. The Balaban J connectivity index is 0.000000154. The first-order chi connectivity index (χ1) is 68.1. The molecule has 0 saturated heterocycles. The molecule has 18 rings (SSSR count). The van der Waals surface area contributed by atoms with Gasteiger partial charge < -0.3 is 43.0 Å². The average Bonchev–Trinajstić information content (AvgIpc) is 1.71. The lowest BCUT2D eigenvalue weighted by Crippen LogP contribution is -2.26. The second kappa shape index (κ2) is 40.5. The van der Waals surface area contributed by atoms with Crippen LogP contribution in [0.2, 0.25) is 0 Å². The van der Waals surface area contributed by atoms with Gasteiger partial charge in [0.15, 0.2) is 0 Å². The fraction of sp³-hybridized carbons (Fsp3) is 0.168. The maximum absolute atomic E-state index is 14.2. The maximum Gasteiger partial charge on any atom is 0.261 e. The summed E-state index contributed by atoms with van der Waals surface area (Å²) in [7, 11) is 0.111. The average molecular weight is 1990 g/mol. The van der Waals surface area contributed by atoms with Gasteiger partial charge in [0.05, 0.1) is 105 Å². The number of carbonyl (C=O) groups is 4. The quantitative estimate of drug-likeness (QED) is 0.0335. The summed E-state index contributed by atoms with van der Waals surface area (Å²) in [5.74, 6) is 2.00. The summed E-state index contributed by atoms with van der Waals surface area (Å²) in [5, 5.41) is 10.1. The number of hydrogen-bond donors (Lipinski definition) is 3. The summed E-state index contributed by atoms with van der Waals surface area (Å²) >= 11 is 0. The Morgan fingerprint density at radius 2 is 0.720 bits per heavy atom. The Hall–Kier alpha value is -16.3. The van der Waals surface area contributed by atoms with Crippen molar-refractivity contribution in [1.29, 1.82) is 0 Å². The van der Waals surface area contributed by atoms with Crippen molar-refractivity contribution in [2.45, 2.75) is 52.9 Å². The van der Waals surface area contributed by atoms with Gasteiger partial charge in [-0.1, -0.05) is 84.4 Å². The van der Waals surface area contributed by atoms with Crippen molar-refractivity contribution in [2.24, 2.45) is 0 Å². The lowest BCUT2D eigenvalue weighted by molar-refractivity contribution is -0.117. The van der Waals surface area contributed by atoms with Crippen LogP contribution in [0.15, 0.2) is 271 Å². The van der Waals surface area contributed by atoms with Crippen molar-refractivity contribution >= 4 is 142 Å². The van der Waals surface area contributed by atoms with Gasteiger partial charge in [-0.3, -0.25) is 51.1 Å². The van der Waals surface area contributed by atoms with E-state index in [0.29, 0.717) is 139 Å². The van der Waals surface area contributed by atoms with Crippen LogP contribution in [0, 0.1) is 36.0 Å². The number of anilines is 3. The molecule has 0 saturated carbocycles. The summed E-state index contributed by atoms with van der Waals surface area (Å²) in [6.07, 6.45) is 5.48. The van der Waals surface area contributed by atoms with Crippen LogP contribution in [0.25, 0.3) is 133 Å². The van der Waals surface area contributed by atoms with E-state index >= 15 is 0 Å². The highest BCUT2D eigenvalue weighted by Crippen LogP contribution is 2.47. The van der Waals surface area contributed by atoms with Crippen LogP contribution in [0.3, 0.4) is 0 Å². The van der Waals surface area contributed by atoms with Gasteiger partial charge in [-0.25, -0.2) is 57.9 Å². The molecule has 0 aliphatic carbocycles. The zero-order valence-electron chi connectivity index (χ0n) is 79.2. The maximum atomic E-state index is 14.2. The van der Waals surface area contributed by atoms with E-state index in [4.69, 9.17) is 28.0 Å². The SMILES string of the molecule is C=S(C)(=O)N(C)c1cc2oc(-c3ccc(F)cc3)c(C(=O)NC)c2cc1-c1ccc2nc(CCC(C)=O)n(Cc3ccc(F)cc3)c(=O)c2c1.CNC(=O)c1c(-c2ccc(C)cc2)oc2cc(N(C)S(C)(=O)=O)c(-c3ccc4nc(COC)n(Cc5ccc(F)cc5)c(=O)c4c3)cc12.CNC(=O)c1c(-c2ccc(F)cc2)oc2cc(N(C)S(C)(=O)=O)c(-c3ccc4ncn(Cc5ccc(F)cc5)c(=O)c4c3)cc12. The minimum Gasteiger partial charge on any atom is -0.455 e. The third-order valence-corrected chi connectivity index (χ3v) is 28.2. The molecule has 18 aromatic rings. The van der Waals surface area contributed by atoms with Gasteiger partial charge in [0.25, 0.3) is 34.4 Å². The molecule has 6 aromatic heterocycles. The summed E-state index contributed by atoms with van der Waals surface area (Å²) in [5.41, 5.74) is 10.4. The van der Waals surface area contributed by atoms with Gasteiger partial charge in [0.1, 0.15) is 87.2 Å². The number of halogens is 5. The van der Waals surface area contributed by atoms with E-state index in [1.165, 1.54) is 171 Å². The Labute approximate surface area is 816 Å². The Morgan fingerprint density at radius 1 is 0.406 bits per heavy atom. The highest BCUT2D eigenvalue weighted by molar-refractivity contribution is 8.00. The molecule has 1 atom stereocenters. The number of fused-ring (bicyclic) bond motifs is 6. The molecule has 0 fully saturated rings. The van der Waals surface area contributed by atoms with Gasteiger partial charge in [-0.05, 0) is 193 Å². The van der Waals surface area contributed by atoms with E-state index in [9.17, 15) is 76.6 Å². The fourth-order valence-corrected chi connectivity index (χ4v) is 18.3. The van der Waals surface area contributed by atoms with Gasteiger partial charge in [-0.2, -0.15) is 0 Å². The van der Waals surface area contributed by atoms with Crippen LogP contribution in [0.1, 0.15) is 78.3 Å². The predicted molar refractivity (Wildman–Crippen MR) is 547 cm³/mol. The normalized spacial score (nSPS) is 12.0. The van der Waals surface area contributed by atoms with Gasteiger partial charge in [0.2, 0.25) is 20.0 Å². The number of aromatic nitrogens is 6. The third kappa shape index (κ3) is 20.9. The first kappa shape index (κ1) is 99.7. The monoisotopic (exact) mass is 1990 g/mol. The van der Waals surface area contributed by atoms with Crippen LogP contribution < -0.4 is 45.5 Å². The van der Waals surface area contributed by atoms with E-state index in [0.717, 1.165) is 26.7 Å². The molecule has 0 radical (unpaired) electrons. The Kier molecular flexibility index (Phi) is 28.2. The number of ether oxygens (including phenoxy) is 1. The van der Waals surface area contributed by atoms with Crippen LogP contribution in [-0.4, -0.2) is 147 Å². The second-order valence-electron chi connectivity index (χ2n) is 34.3. The highest BCUT2D eigenvalue weighted by Gasteiger charge is 2.32. The zero-order valence-corrected chi connectivity index (χ0v) is 81.7. The molecule has 36 heteroatoms. The molecule has 3 amide bonds. The first-order valence-electron chi connectivity index (χ1n) is 44.4. The van der Waals surface area contributed by atoms with Gasteiger partial charge in [-0.15, -0.1) is 0 Å². The summed E-state index contributed by atoms with van der Waals surface area (Å²) in [6.45, 7) is 3.90. The van der Waals surface area contributed by atoms with Crippen molar-refractivity contribution in [3.63, 3.8) is 0 Å². The number of nitrogens with one attached hydrogen (secondary N) is 3. The number of furan rings is 3. The number of ketones is 1. The van der Waals surface area contributed by atoms with Crippen LogP contribution in [0.5, 0.6) is 0 Å². The molecule has 1 unspecified atom stereocenters. The Bertz CT molecular complexity index is 8720. The summed E-state index contributed by atoms with van der Waals surface area (Å²) in [6, 6.07) is 61.1. The molecular weight excluding hydrogens is 1900 g/mol. The molecule has 0 bridgehead atoms. The third-order valence-electron chi connectivity index (χ3n) is 24.5. The number of hydrogen-bond acceptors (Lipinski definition) is 19. The number of aryl methyl sites for hydroxylation is 2. The predicted octanol–water partition coefficient (Wildman–Crippen LogP) is 17.8. The highest BCUT2D eigenvalue weighted by atomic mass is 32.2. The Morgan fingerprint density at radius 3 is 1.06 bits per heavy atom. The molecule has 0 aliphatic heterocycles. The minimum absolute atomic E-state index is 0.0501. The smallest absolute Gasteiger partial charge is 0.261 e.